The summed E-state index contributed by atoms with van der Waals surface area (Å²) >= 11 is 0. The van der Waals surface area contributed by atoms with E-state index in [1.807, 2.05) is 38.1 Å². The van der Waals surface area contributed by atoms with Crippen molar-refractivity contribution < 1.29 is 19.1 Å². The van der Waals surface area contributed by atoms with Crippen LogP contribution in [0.25, 0.3) is 10.9 Å². The summed E-state index contributed by atoms with van der Waals surface area (Å²) in [5, 5.41) is 0.781. The van der Waals surface area contributed by atoms with E-state index in [0.717, 1.165) is 10.9 Å². The van der Waals surface area contributed by atoms with E-state index in [1.165, 1.54) is 0 Å². The number of aromatic amines is 1. The molecule has 0 atom stereocenters. The molecule has 0 aliphatic heterocycles. The molecule has 3 aromatic rings. The lowest BCUT2D eigenvalue weighted by molar-refractivity contribution is 0.0847. The van der Waals surface area contributed by atoms with Gasteiger partial charge in [-0.05, 0) is 38.1 Å². The molecule has 1 heterocycles. The predicted molar refractivity (Wildman–Crippen MR) is 102 cm³/mol. The number of carbonyl (C=O) groups is 2. The van der Waals surface area contributed by atoms with Crippen LogP contribution in [0.1, 0.15) is 34.6 Å². The number of amides is 2. The monoisotopic (exact) mass is 367 g/mol. The molecule has 0 fully saturated rings. The summed E-state index contributed by atoms with van der Waals surface area (Å²) in [6, 6.07) is 12.3. The molecule has 140 valence electrons. The van der Waals surface area contributed by atoms with Gasteiger partial charge in [-0.3, -0.25) is 20.4 Å². The zero-order valence-electron chi connectivity index (χ0n) is 15.2. The van der Waals surface area contributed by atoms with Crippen molar-refractivity contribution in [2.75, 3.05) is 13.2 Å². The Bertz CT molecular complexity index is 965. The number of para-hydroxylation sites is 1. The number of nitrogens with one attached hydrogen (secondary N) is 3. The van der Waals surface area contributed by atoms with E-state index in [4.69, 9.17) is 9.47 Å². The summed E-state index contributed by atoms with van der Waals surface area (Å²) in [5.74, 6) is 0.192. The van der Waals surface area contributed by atoms with Crippen molar-refractivity contribution in [1.29, 1.82) is 0 Å². The molecule has 2 aromatic carbocycles. The molecule has 0 saturated carbocycles. The van der Waals surface area contributed by atoms with Gasteiger partial charge in [0.15, 0.2) is 11.5 Å². The maximum absolute atomic E-state index is 12.4. The van der Waals surface area contributed by atoms with Gasteiger partial charge in [0.25, 0.3) is 11.8 Å². The van der Waals surface area contributed by atoms with E-state index in [-0.39, 0.29) is 0 Å². The Balaban J connectivity index is 1.70. The minimum atomic E-state index is -0.452. The van der Waals surface area contributed by atoms with E-state index in [0.29, 0.717) is 35.8 Å². The number of rotatable bonds is 6. The van der Waals surface area contributed by atoms with Crippen LogP contribution in [0.3, 0.4) is 0 Å². The molecule has 0 aliphatic rings. The lowest BCUT2D eigenvalue weighted by Crippen LogP contribution is -2.41. The highest BCUT2D eigenvalue weighted by atomic mass is 16.5. The van der Waals surface area contributed by atoms with Gasteiger partial charge in [0.2, 0.25) is 0 Å². The van der Waals surface area contributed by atoms with Crippen LogP contribution in [0.4, 0.5) is 0 Å². The topological polar surface area (TPSA) is 92.5 Å². The highest BCUT2D eigenvalue weighted by molar-refractivity contribution is 6.07. The molecule has 27 heavy (non-hydrogen) atoms. The second kappa shape index (κ2) is 8.27. The second-order valence-corrected chi connectivity index (χ2v) is 5.68. The molecule has 0 spiro atoms. The molecule has 3 N–H and O–H groups in total. The quantitative estimate of drug-likeness (QED) is 0.584. The third kappa shape index (κ3) is 4.03. The Morgan fingerprint density at radius 1 is 0.926 bits per heavy atom. The van der Waals surface area contributed by atoms with E-state index < -0.39 is 11.8 Å². The summed E-state index contributed by atoms with van der Waals surface area (Å²) < 4.78 is 11.0. The Hall–Kier alpha value is -3.48. The zero-order valence-corrected chi connectivity index (χ0v) is 15.2. The molecule has 7 nitrogen and oxygen atoms in total. The predicted octanol–water partition coefficient (Wildman–Crippen LogP) is 3.04. The highest BCUT2D eigenvalue weighted by Crippen LogP contribution is 2.28. The molecule has 2 amide bonds. The number of benzene rings is 2. The number of hydrogen-bond acceptors (Lipinski definition) is 4. The van der Waals surface area contributed by atoms with Gasteiger partial charge in [0, 0.05) is 22.7 Å². The summed E-state index contributed by atoms with van der Waals surface area (Å²) in [7, 11) is 0. The second-order valence-electron chi connectivity index (χ2n) is 5.68. The molecular weight excluding hydrogens is 346 g/mol. The van der Waals surface area contributed by atoms with E-state index in [1.54, 1.807) is 24.4 Å². The SMILES string of the molecule is CCOc1ccc(C(=O)NNC(=O)c2c[nH]c3ccccc23)cc1OCC. The summed E-state index contributed by atoms with van der Waals surface area (Å²) in [6.45, 7) is 4.66. The van der Waals surface area contributed by atoms with Crippen molar-refractivity contribution in [3.63, 3.8) is 0 Å². The molecular formula is C20H21N3O4. The highest BCUT2D eigenvalue weighted by Gasteiger charge is 2.15. The van der Waals surface area contributed by atoms with Crippen molar-refractivity contribution in [2.45, 2.75) is 13.8 Å². The first kappa shape index (κ1) is 18.3. The van der Waals surface area contributed by atoms with E-state index >= 15 is 0 Å². The number of hydrogen-bond donors (Lipinski definition) is 3. The van der Waals surface area contributed by atoms with Crippen molar-refractivity contribution >= 4 is 22.7 Å². The first-order chi connectivity index (χ1) is 13.1. The van der Waals surface area contributed by atoms with E-state index in [2.05, 4.69) is 15.8 Å². The molecule has 0 bridgehead atoms. The van der Waals surface area contributed by atoms with Gasteiger partial charge >= 0.3 is 0 Å². The lowest BCUT2D eigenvalue weighted by atomic mass is 10.1. The number of carbonyl (C=O) groups excluding carboxylic acids is 2. The van der Waals surface area contributed by atoms with E-state index in [9.17, 15) is 9.59 Å². The van der Waals surface area contributed by atoms with Crippen LogP contribution in [-0.4, -0.2) is 30.0 Å². The maximum Gasteiger partial charge on any atom is 0.271 e. The third-order valence-electron chi connectivity index (χ3n) is 3.93. The fourth-order valence-electron chi connectivity index (χ4n) is 2.70. The molecule has 0 radical (unpaired) electrons. The molecule has 7 heteroatoms. The maximum atomic E-state index is 12.4. The normalized spacial score (nSPS) is 10.4. The summed E-state index contributed by atoms with van der Waals surface area (Å²) in [4.78, 5) is 27.8. The van der Waals surface area contributed by atoms with Crippen LogP contribution in [0, 0.1) is 0 Å². The van der Waals surface area contributed by atoms with Gasteiger partial charge in [-0.2, -0.15) is 0 Å². The van der Waals surface area contributed by atoms with Crippen LogP contribution in [0.15, 0.2) is 48.7 Å². The van der Waals surface area contributed by atoms with Gasteiger partial charge in [-0.25, -0.2) is 0 Å². The number of hydrazine groups is 1. The van der Waals surface area contributed by atoms with Crippen LogP contribution in [-0.2, 0) is 0 Å². The first-order valence-electron chi connectivity index (χ1n) is 8.70. The van der Waals surface area contributed by atoms with Gasteiger partial charge in [0.05, 0.1) is 18.8 Å². The number of aromatic nitrogens is 1. The van der Waals surface area contributed by atoms with Crippen LogP contribution >= 0.6 is 0 Å². The van der Waals surface area contributed by atoms with Crippen LogP contribution < -0.4 is 20.3 Å². The van der Waals surface area contributed by atoms with Gasteiger partial charge < -0.3 is 14.5 Å². The minimum Gasteiger partial charge on any atom is -0.490 e. The average Bonchev–Trinajstić information content (AvgIpc) is 3.12. The number of ether oxygens (including phenoxy) is 2. The zero-order chi connectivity index (χ0) is 19.2. The van der Waals surface area contributed by atoms with Gasteiger partial charge in [-0.1, -0.05) is 18.2 Å². The van der Waals surface area contributed by atoms with Crippen LogP contribution in [0.2, 0.25) is 0 Å². The number of H-pyrrole nitrogens is 1. The Morgan fingerprint density at radius 2 is 1.63 bits per heavy atom. The summed E-state index contributed by atoms with van der Waals surface area (Å²) in [6.07, 6.45) is 1.61. The van der Waals surface area contributed by atoms with Crippen LogP contribution in [0.5, 0.6) is 11.5 Å². The Labute approximate surface area is 156 Å². The molecule has 0 unspecified atom stereocenters. The van der Waals surface area contributed by atoms with Crippen molar-refractivity contribution in [1.82, 2.24) is 15.8 Å². The van der Waals surface area contributed by atoms with Gasteiger partial charge in [0.1, 0.15) is 0 Å². The Kier molecular flexibility index (Phi) is 5.61. The smallest absolute Gasteiger partial charge is 0.271 e. The standard InChI is InChI=1S/C20H21N3O4/c1-3-26-17-10-9-13(11-18(17)27-4-2)19(24)22-23-20(25)15-12-21-16-8-6-5-7-14(15)16/h5-12,21H,3-4H2,1-2H3,(H,22,24)(H,23,25). The van der Waals surface area contributed by atoms with Crippen molar-refractivity contribution in [2.24, 2.45) is 0 Å². The lowest BCUT2D eigenvalue weighted by Gasteiger charge is -2.12. The molecule has 0 aliphatic carbocycles. The third-order valence-corrected chi connectivity index (χ3v) is 3.93. The first-order valence-corrected chi connectivity index (χ1v) is 8.70. The van der Waals surface area contributed by atoms with Crippen molar-refractivity contribution in [3.05, 3.63) is 59.8 Å². The largest absolute Gasteiger partial charge is 0.490 e. The number of fused-ring (bicyclic) bond motifs is 1. The molecule has 1 aromatic heterocycles. The minimum absolute atomic E-state index is 0.348. The van der Waals surface area contributed by atoms with Gasteiger partial charge in [-0.15, -0.1) is 0 Å². The summed E-state index contributed by atoms with van der Waals surface area (Å²) in [5.41, 5.74) is 6.51. The fraction of sp³-hybridized carbons (Fsp3) is 0.200. The molecule has 0 saturated heterocycles. The molecule has 3 rings (SSSR count). The Morgan fingerprint density at radius 3 is 2.41 bits per heavy atom. The average molecular weight is 367 g/mol. The fourth-order valence-corrected chi connectivity index (χ4v) is 2.70. The van der Waals surface area contributed by atoms with Crippen molar-refractivity contribution in [3.8, 4) is 11.5 Å².